The van der Waals surface area contributed by atoms with E-state index in [2.05, 4.69) is 22.4 Å². The van der Waals surface area contributed by atoms with Gasteiger partial charge in [0.1, 0.15) is 5.58 Å². The Morgan fingerprint density at radius 2 is 2.04 bits per heavy atom. The Morgan fingerprint density at radius 3 is 2.71 bits per heavy atom. The minimum absolute atomic E-state index is 0.114. The van der Waals surface area contributed by atoms with Gasteiger partial charge >= 0.3 is 5.91 Å². The normalized spacial score (nSPS) is 11.3. The van der Waals surface area contributed by atoms with Gasteiger partial charge in [-0.2, -0.15) is 5.10 Å². The van der Waals surface area contributed by atoms with E-state index < -0.39 is 0 Å². The van der Waals surface area contributed by atoms with Crippen molar-refractivity contribution < 1.29 is 14.3 Å². The van der Waals surface area contributed by atoms with E-state index in [4.69, 9.17) is 4.42 Å². The van der Waals surface area contributed by atoms with Gasteiger partial charge < -0.3 is 14.4 Å². The Hall–Kier alpha value is -3.12. The van der Waals surface area contributed by atoms with Crippen LogP contribution in [-0.2, 0) is 0 Å². The summed E-state index contributed by atoms with van der Waals surface area (Å²) < 4.78 is 5.65. The second-order valence-corrected chi connectivity index (χ2v) is 6.60. The number of aryl methyl sites for hydroxylation is 2. The molecular weight excluding hydrogens is 354 g/mol. The highest BCUT2D eigenvalue weighted by Gasteiger charge is 2.16. The number of likely N-dealkylation sites (N-methyl/N-ethyl adjacent to an activating group) is 1. The molecule has 28 heavy (non-hydrogen) atoms. The minimum Gasteiger partial charge on any atom is -0.451 e. The van der Waals surface area contributed by atoms with Gasteiger partial charge in [-0.3, -0.25) is 4.79 Å². The van der Waals surface area contributed by atoms with Crippen molar-refractivity contribution in [3.63, 3.8) is 0 Å². The van der Waals surface area contributed by atoms with Crippen LogP contribution >= 0.6 is 0 Å². The average molecular weight is 379 g/mol. The van der Waals surface area contributed by atoms with Crippen molar-refractivity contribution in [1.29, 1.82) is 0 Å². The van der Waals surface area contributed by atoms with E-state index in [1.807, 2.05) is 56.3 Å². The van der Waals surface area contributed by atoms with Crippen LogP contribution in [0.1, 0.15) is 34.2 Å². The van der Waals surface area contributed by atoms with Crippen molar-refractivity contribution in [1.82, 2.24) is 5.43 Å². The summed E-state index contributed by atoms with van der Waals surface area (Å²) >= 11 is 0. The molecule has 0 saturated heterocycles. The maximum absolute atomic E-state index is 12.4. The Kier molecular flexibility index (Phi) is 6.11. The number of carbonyl (C=O) groups is 1. The number of carbonyl (C=O) groups excluding carboxylic acids is 1. The summed E-state index contributed by atoms with van der Waals surface area (Å²) in [4.78, 5) is 14.5. The van der Waals surface area contributed by atoms with E-state index >= 15 is 0 Å². The van der Waals surface area contributed by atoms with Gasteiger partial charge in [-0.1, -0.05) is 24.3 Å². The van der Waals surface area contributed by atoms with Crippen molar-refractivity contribution in [2.24, 2.45) is 5.10 Å². The molecule has 0 bridgehead atoms. The van der Waals surface area contributed by atoms with Crippen LogP contribution in [0.3, 0.4) is 0 Å². The first-order valence-corrected chi connectivity index (χ1v) is 9.33. The molecule has 3 aromatic rings. The average Bonchev–Trinajstić information content (AvgIpc) is 3.04. The van der Waals surface area contributed by atoms with Gasteiger partial charge in [0, 0.05) is 29.7 Å². The molecule has 3 rings (SSSR count). The van der Waals surface area contributed by atoms with E-state index in [1.165, 1.54) is 0 Å². The topological polar surface area (TPSA) is 78.1 Å². The molecule has 1 amide bonds. The molecule has 1 aromatic heterocycles. The number of hydrogen-bond acceptors (Lipinski definition) is 5. The number of nitrogens with one attached hydrogen (secondary N) is 1. The van der Waals surface area contributed by atoms with Crippen LogP contribution in [0.25, 0.3) is 11.0 Å². The van der Waals surface area contributed by atoms with Crippen LogP contribution in [0.2, 0.25) is 0 Å². The molecule has 0 saturated carbocycles. The number of anilines is 1. The zero-order valence-electron chi connectivity index (χ0n) is 16.4. The number of furan rings is 1. The van der Waals surface area contributed by atoms with E-state index in [0.29, 0.717) is 12.1 Å². The van der Waals surface area contributed by atoms with Crippen molar-refractivity contribution >= 4 is 28.8 Å². The number of benzene rings is 2. The summed E-state index contributed by atoms with van der Waals surface area (Å²) in [5.41, 5.74) is 7.01. The maximum Gasteiger partial charge on any atom is 0.307 e. The zero-order chi connectivity index (χ0) is 20.1. The number of fused-ring (bicyclic) bond motifs is 1. The number of aliphatic hydroxyl groups excluding tert-OH is 1. The first-order chi connectivity index (χ1) is 13.5. The van der Waals surface area contributed by atoms with Crippen LogP contribution in [0, 0.1) is 13.8 Å². The highest BCUT2D eigenvalue weighted by molar-refractivity contribution is 5.99. The van der Waals surface area contributed by atoms with Crippen molar-refractivity contribution in [2.45, 2.75) is 20.8 Å². The first kappa shape index (κ1) is 19.6. The van der Waals surface area contributed by atoms with Crippen LogP contribution < -0.4 is 10.3 Å². The third-order valence-corrected chi connectivity index (χ3v) is 4.79. The van der Waals surface area contributed by atoms with Gasteiger partial charge in [0.25, 0.3) is 0 Å². The number of amides is 1. The summed E-state index contributed by atoms with van der Waals surface area (Å²) in [5, 5.41) is 14.2. The number of para-hydroxylation sites is 1. The lowest BCUT2D eigenvalue weighted by molar-refractivity contribution is 0.0929. The molecule has 0 fully saturated rings. The quantitative estimate of drug-likeness (QED) is 0.485. The van der Waals surface area contributed by atoms with E-state index in [9.17, 15) is 9.90 Å². The molecule has 1 heterocycles. The van der Waals surface area contributed by atoms with Crippen molar-refractivity contribution in [3.8, 4) is 0 Å². The predicted molar refractivity (Wildman–Crippen MR) is 112 cm³/mol. The van der Waals surface area contributed by atoms with Crippen molar-refractivity contribution in [3.05, 3.63) is 64.9 Å². The second-order valence-electron chi connectivity index (χ2n) is 6.60. The van der Waals surface area contributed by atoms with Gasteiger partial charge in [-0.05, 0) is 50.1 Å². The molecule has 6 nitrogen and oxygen atoms in total. The number of hydrazone groups is 1. The molecule has 0 aliphatic heterocycles. The van der Waals surface area contributed by atoms with Crippen molar-refractivity contribution in [2.75, 3.05) is 24.6 Å². The summed E-state index contributed by atoms with van der Waals surface area (Å²) in [5.74, 6) is -0.104. The van der Waals surface area contributed by atoms with Gasteiger partial charge in [-0.25, -0.2) is 5.43 Å². The molecule has 146 valence electrons. The van der Waals surface area contributed by atoms with Gasteiger partial charge in [0.2, 0.25) is 0 Å². The van der Waals surface area contributed by atoms with Gasteiger partial charge in [0.05, 0.1) is 12.8 Å². The third-order valence-electron chi connectivity index (χ3n) is 4.79. The minimum atomic E-state index is -0.376. The summed E-state index contributed by atoms with van der Waals surface area (Å²) in [6.07, 6.45) is 1.62. The SMILES string of the molecule is CCN(CCO)c1ccc(/C=N\NC(=O)c2oc3ccccc3c2C)c(C)c1. The Morgan fingerprint density at radius 1 is 1.25 bits per heavy atom. The molecule has 6 heteroatoms. The molecule has 0 aliphatic carbocycles. The lowest BCUT2D eigenvalue weighted by atomic mass is 10.1. The Labute approximate surface area is 164 Å². The Bertz CT molecular complexity index is 1010. The zero-order valence-corrected chi connectivity index (χ0v) is 16.4. The fourth-order valence-corrected chi connectivity index (χ4v) is 3.19. The largest absolute Gasteiger partial charge is 0.451 e. The Balaban J connectivity index is 1.71. The van der Waals surface area contributed by atoms with Crippen LogP contribution in [0.4, 0.5) is 5.69 Å². The number of rotatable bonds is 7. The number of nitrogens with zero attached hydrogens (tertiary/aromatic N) is 2. The molecule has 2 N–H and O–H groups in total. The van der Waals surface area contributed by atoms with E-state index in [1.54, 1.807) is 6.21 Å². The molecule has 0 unspecified atom stereocenters. The lowest BCUT2D eigenvalue weighted by Gasteiger charge is -2.22. The molecule has 0 aliphatic rings. The highest BCUT2D eigenvalue weighted by atomic mass is 16.3. The van der Waals surface area contributed by atoms with E-state index in [0.717, 1.165) is 34.3 Å². The molecular formula is C22H25N3O3. The fourth-order valence-electron chi connectivity index (χ4n) is 3.19. The molecule has 0 spiro atoms. The predicted octanol–water partition coefficient (Wildman–Crippen LogP) is 3.63. The molecule has 0 atom stereocenters. The summed E-state index contributed by atoms with van der Waals surface area (Å²) in [7, 11) is 0. The molecule has 2 aromatic carbocycles. The first-order valence-electron chi connectivity index (χ1n) is 9.33. The van der Waals surface area contributed by atoms with Crippen LogP contribution in [-0.4, -0.2) is 36.9 Å². The number of hydrogen-bond donors (Lipinski definition) is 2. The summed E-state index contributed by atoms with van der Waals surface area (Å²) in [6, 6.07) is 13.5. The van der Waals surface area contributed by atoms with Gasteiger partial charge in [-0.15, -0.1) is 0 Å². The standard InChI is InChI=1S/C22H25N3O3/c1-4-25(11-12-26)18-10-9-17(15(2)13-18)14-23-24-22(27)21-16(3)19-7-5-6-8-20(19)28-21/h5-10,13-14,26H,4,11-12H2,1-3H3,(H,24,27)/b23-14-. The van der Waals surface area contributed by atoms with Crippen LogP contribution in [0.15, 0.2) is 52.0 Å². The summed E-state index contributed by atoms with van der Waals surface area (Å²) in [6.45, 7) is 7.43. The van der Waals surface area contributed by atoms with Crippen LogP contribution in [0.5, 0.6) is 0 Å². The maximum atomic E-state index is 12.4. The van der Waals surface area contributed by atoms with Gasteiger partial charge in [0.15, 0.2) is 5.76 Å². The smallest absolute Gasteiger partial charge is 0.307 e. The highest BCUT2D eigenvalue weighted by Crippen LogP contribution is 2.24. The monoisotopic (exact) mass is 379 g/mol. The molecule has 0 radical (unpaired) electrons. The second kappa shape index (κ2) is 8.71. The van der Waals surface area contributed by atoms with E-state index in [-0.39, 0.29) is 18.3 Å². The fraction of sp³-hybridized carbons (Fsp3) is 0.273. The third kappa shape index (κ3) is 4.07. The number of aliphatic hydroxyl groups is 1. The lowest BCUT2D eigenvalue weighted by Crippen LogP contribution is -2.26.